The molecule has 0 amide bonds. The van der Waals surface area contributed by atoms with E-state index in [1.165, 1.54) is 5.56 Å². The van der Waals surface area contributed by atoms with E-state index in [4.69, 9.17) is 0 Å². The Bertz CT molecular complexity index is 153. The fraction of sp³-hybridized carbons (Fsp3) is 0.143. The van der Waals surface area contributed by atoms with Crippen LogP contribution in [0.15, 0.2) is 30.3 Å². The van der Waals surface area contributed by atoms with Crippen LogP contribution in [0.1, 0.15) is 5.56 Å². The van der Waals surface area contributed by atoms with Gasteiger partial charge in [-0.3, -0.25) is 9.41 Å². The van der Waals surface area contributed by atoms with Crippen LogP contribution >= 0.6 is 22.6 Å². The van der Waals surface area contributed by atoms with Crippen LogP contribution in [0.25, 0.3) is 0 Å². The fourth-order valence-corrected chi connectivity index (χ4v) is 1.08. The molecule has 0 N–H and O–H groups in total. The summed E-state index contributed by atoms with van der Waals surface area (Å²) < 4.78 is 1.11. The topological polar surface area (TPSA) is 0 Å². The van der Waals surface area contributed by atoms with E-state index in [9.17, 15) is 0 Å². The standard InChI is InChI=1S/C7H7I.2FH/c8-6-7-4-2-1-3-5-7;;/h1-5H,6H2;2*1H. The smallest absolute Gasteiger partial charge is 0.0247 e. The number of hydrogen-bond donors (Lipinski definition) is 0. The van der Waals surface area contributed by atoms with E-state index in [0.29, 0.717) is 0 Å². The van der Waals surface area contributed by atoms with Gasteiger partial charge in [-0.2, -0.15) is 0 Å². The minimum atomic E-state index is 0. The fourth-order valence-electron chi connectivity index (χ4n) is 0.567. The Morgan fingerprint density at radius 2 is 1.50 bits per heavy atom. The molecule has 58 valence electrons. The van der Waals surface area contributed by atoms with E-state index in [1.54, 1.807) is 0 Å². The molecule has 0 saturated heterocycles. The highest BCUT2D eigenvalue weighted by atomic mass is 127. The summed E-state index contributed by atoms with van der Waals surface area (Å²) >= 11 is 2.35. The average molecular weight is 258 g/mol. The van der Waals surface area contributed by atoms with E-state index in [-0.39, 0.29) is 9.41 Å². The number of hydrogen-bond acceptors (Lipinski definition) is 0. The van der Waals surface area contributed by atoms with Gasteiger partial charge in [0, 0.05) is 4.43 Å². The van der Waals surface area contributed by atoms with Crippen LogP contribution in [0.5, 0.6) is 0 Å². The molecular weight excluding hydrogens is 249 g/mol. The SMILES string of the molecule is F.F.ICc1ccccc1. The summed E-state index contributed by atoms with van der Waals surface area (Å²) in [6, 6.07) is 10.4. The summed E-state index contributed by atoms with van der Waals surface area (Å²) in [5, 5.41) is 0. The highest BCUT2D eigenvalue weighted by molar-refractivity contribution is 14.1. The molecule has 1 rings (SSSR count). The monoisotopic (exact) mass is 258 g/mol. The minimum Gasteiger partial charge on any atom is -0.269 e. The molecule has 1 aromatic carbocycles. The molecule has 0 fully saturated rings. The van der Waals surface area contributed by atoms with Crippen LogP contribution in [0.2, 0.25) is 0 Å². The highest BCUT2D eigenvalue weighted by Gasteiger charge is 1.81. The summed E-state index contributed by atoms with van der Waals surface area (Å²) in [6.07, 6.45) is 0. The van der Waals surface area contributed by atoms with E-state index in [0.717, 1.165) is 4.43 Å². The third-order valence-corrected chi connectivity index (χ3v) is 1.88. The van der Waals surface area contributed by atoms with Gasteiger partial charge in [-0.15, -0.1) is 0 Å². The van der Waals surface area contributed by atoms with Crippen molar-refractivity contribution in [3.63, 3.8) is 0 Å². The second-order valence-electron chi connectivity index (χ2n) is 1.62. The van der Waals surface area contributed by atoms with Gasteiger partial charge in [-0.1, -0.05) is 52.9 Å². The van der Waals surface area contributed by atoms with Crippen molar-refractivity contribution >= 4 is 22.6 Å². The Labute approximate surface area is 72.5 Å². The van der Waals surface area contributed by atoms with Crippen LogP contribution in [-0.4, -0.2) is 0 Å². The second kappa shape index (κ2) is 6.92. The third-order valence-electron chi connectivity index (χ3n) is 0.997. The van der Waals surface area contributed by atoms with E-state index >= 15 is 0 Å². The first-order valence-corrected chi connectivity index (χ1v) is 4.06. The van der Waals surface area contributed by atoms with E-state index in [2.05, 4.69) is 46.9 Å². The molecule has 0 unspecified atom stereocenters. The van der Waals surface area contributed by atoms with Gasteiger partial charge in [-0.25, -0.2) is 0 Å². The Balaban J connectivity index is 0. The van der Waals surface area contributed by atoms with Gasteiger partial charge >= 0.3 is 0 Å². The molecule has 3 heteroatoms. The molecule has 0 aliphatic heterocycles. The van der Waals surface area contributed by atoms with Crippen LogP contribution in [0.3, 0.4) is 0 Å². The lowest BCUT2D eigenvalue weighted by molar-refractivity contribution is 1.11. The molecule has 0 aliphatic rings. The molecule has 0 atom stereocenters. The van der Waals surface area contributed by atoms with Crippen LogP contribution in [-0.2, 0) is 4.43 Å². The molecular formula is C7H9F2I. The quantitative estimate of drug-likeness (QED) is 0.536. The summed E-state index contributed by atoms with van der Waals surface area (Å²) in [7, 11) is 0. The Morgan fingerprint density at radius 3 is 1.80 bits per heavy atom. The Hall–Kier alpha value is -0.190. The number of alkyl halides is 1. The molecule has 0 nitrogen and oxygen atoms in total. The number of benzene rings is 1. The van der Waals surface area contributed by atoms with E-state index in [1.807, 2.05) is 6.07 Å². The molecule has 1 aromatic rings. The molecule has 0 saturated carbocycles. The van der Waals surface area contributed by atoms with Crippen molar-refractivity contribution in [1.82, 2.24) is 0 Å². The summed E-state index contributed by atoms with van der Waals surface area (Å²) in [4.78, 5) is 0. The lowest BCUT2D eigenvalue weighted by Crippen LogP contribution is -1.70. The molecule has 10 heavy (non-hydrogen) atoms. The predicted molar refractivity (Wildman–Crippen MR) is 49.2 cm³/mol. The van der Waals surface area contributed by atoms with Crippen molar-refractivity contribution in [2.75, 3.05) is 0 Å². The normalized spacial score (nSPS) is 7.30. The first kappa shape index (κ1) is 12.5. The lowest BCUT2D eigenvalue weighted by atomic mass is 10.2. The van der Waals surface area contributed by atoms with Gasteiger partial charge in [0.15, 0.2) is 0 Å². The lowest BCUT2D eigenvalue weighted by Gasteiger charge is -1.88. The van der Waals surface area contributed by atoms with Crippen molar-refractivity contribution in [3.05, 3.63) is 35.9 Å². The van der Waals surface area contributed by atoms with Gasteiger partial charge in [0.2, 0.25) is 0 Å². The van der Waals surface area contributed by atoms with Gasteiger partial charge < -0.3 is 0 Å². The third kappa shape index (κ3) is 3.76. The second-order valence-corrected chi connectivity index (χ2v) is 2.38. The predicted octanol–water partition coefficient (Wildman–Crippen LogP) is 2.93. The Morgan fingerprint density at radius 1 is 1.00 bits per heavy atom. The number of halogens is 3. The zero-order chi connectivity index (χ0) is 5.82. The first-order valence-electron chi connectivity index (χ1n) is 2.53. The summed E-state index contributed by atoms with van der Waals surface area (Å²) in [6.45, 7) is 0. The summed E-state index contributed by atoms with van der Waals surface area (Å²) in [5.41, 5.74) is 1.40. The van der Waals surface area contributed by atoms with Crippen molar-refractivity contribution in [2.24, 2.45) is 0 Å². The molecule has 0 spiro atoms. The maximum absolute atomic E-state index is 2.35. The number of rotatable bonds is 1. The molecule has 0 aromatic heterocycles. The zero-order valence-corrected chi connectivity index (χ0v) is 7.45. The highest BCUT2D eigenvalue weighted by Crippen LogP contribution is 2.02. The molecule has 0 radical (unpaired) electrons. The van der Waals surface area contributed by atoms with Gasteiger partial charge in [0.25, 0.3) is 0 Å². The van der Waals surface area contributed by atoms with Crippen molar-refractivity contribution in [1.29, 1.82) is 0 Å². The molecule has 0 bridgehead atoms. The van der Waals surface area contributed by atoms with Gasteiger partial charge in [-0.05, 0) is 5.56 Å². The van der Waals surface area contributed by atoms with Crippen molar-refractivity contribution in [2.45, 2.75) is 4.43 Å². The van der Waals surface area contributed by atoms with Gasteiger partial charge in [0.1, 0.15) is 0 Å². The molecule has 0 heterocycles. The zero-order valence-electron chi connectivity index (χ0n) is 5.29. The van der Waals surface area contributed by atoms with E-state index < -0.39 is 0 Å². The van der Waals surface area contributed by atoms with Gasteiger partial charge in [0.05, 0.1) is 0 Å². The largest absolute Gasteiger partial charge is 0.269 e. The van der Waals surface area contributed by atoms with Crippen molar-refractivity contribution in [3.8, 4) is 0 Å². The van der Waals surface area contributed by atoms with Crippen LogP contribution < -0.4 is 0 Å². The summed E-state index contributed by atoms with van der Waals surface area (Å²) in [5.74, 6) is 0. The van der Waals surface area contributed by atoms with Crippen LogP contribution in [0, 0.1) is 0 Å². The minimum absolute atomic E-state index is 0. The maximum atomic E-state index is 2.35. The average Bonchev–Trinajstić information content (AvgIpc) is 1.90. The maximum Gasteiger partial charge on any atom is 0.0247 e. The molecule has 0 aliphatic carbocycles. The van der Waals surface area contributed by atoms with Crippen LogP contribution in [0.4, 0.5) is 9.41 Å². The Kier molecular flexibility index (Phi) is 8.64. The first-order chi connectivity index (χ1) is 3.93. The van der Waals surface area contributed by atoms with Crippen molar-refractivity contribution < 1.29 is 9.41 Å².